The smallest absolute Gasteiger partial charge is 0.290 e. The summed E-state index contributed by atoms with van der Waals surface area (Å²) in [5.41, 5.74) is 3.25. The second kappa shape index (κ2) is 9.01. The molecule has 0 radical (unpaired) electrons. The van der Waals surface area contributed by atoms with Crippen molar-refractivity contribution in [1.82, 2.24) is 4.90 Å². The molecule has 2 atom stereocenters. The second-order valence-electron chi connectivity index (χ2n) is 9.04. The predicted octanol–water partition coefficient (Wildman–Crippen LogP) is 4.63. The number of aliphatic hydroxyl groups is 1. The first-order valence-corrected chi connectivity index (χ1v) is 11.4. The molecule has 2 aliphatic heterocycles. The fourth-order valence-electron chi connectivity index (χ4n) is 4.67. The Morgan fingerprint density at radius 2 is 1.84 bits per heavy atom. The molecule has 2 aliphatic rings. The van der Waals surface area contributed by atoms with E-state index in [4.69, 9.17) is 9.47 Å². The van der Waals surface area contributed by atoms with Gasteiger partial charge in [0, 0.05) is 19.5 Å². The Hall–Kier alpha value is -2.37. The average Bonchev–Trinajstić information content (AvgIpc) is 3.12. The van der Waals surface area contributed by atoms with Gasteiger partial charge in [0.2, 0.25) is 0 Å². The van der Waals surface area contributed by atoms with Crippen molar-refractivity contribution in [2.24, 2.45) is 4.99 Å². The number of hydrogen-bond acceptors (Lipinski definition) is 4. The zero-order valence-corrected chi connectivity index (χ0v) is 18.9. The first kappa shape index (κ1) is 21.8. The molecule has 0 bridgehead atoms. The van der Waals surface area contributed by atoms with Crippen LogP contribution >= 0.6 is 0 Å². The van der Waals surface area contributed by atoms with Crippen molar-refractivity contribution in [3.8, 4) is 0 Å². The van der Waals surface area contributed by atoms with Crippen molar-refractivity contribution in [1.29, 1.82) is 0 Å². The van der Waals surface area contributed by atoms with Crippen molar-refractivity contribution >= 4 is 6.02 Å². The van der Waals surface area contributed by atoms with Crippen LogP contribution < -0.4 is 0 Å². The summed E-state index contributed by atoms with van der Waals surface area (Å²) in [6.07, 6.45) is 2.58. The number of rotatable bonds is 5. The number of amidine groups is 1. The van der Waals surface area contributed by atoms with Gasteiger partial charge in [-0.1, -0.05) is 61.5 Å². The van der Waals surface area contributed by atoms with E-state index in [1.54, 1.807) is 6.92 Å². The van der Waals surface area contributed by atoms with Crippen LogP contribution in [0.1, 0.15) is 56.7 Å². The number of likely N-dealkylation sites (tertiary alicyclic amines) is 1. The Labute approximate surface area is 185 Å². The fourth-order valence-corrected chi connectivity index (χ4v) is 4.67. The lowest BCUT2D eigenvalue weighted by Gasteiger charge is -2.42. The summed E-state index contributed by atoms with van der Waals surface area (Å²) < 4.78 is 12.8. The van der Waals surface area contributed by atoms with Crippen molar-refractivity contribution < 1.29 is 14.6 Å². The first-order valence-electron chi connectivity index (χ1n) is 11.4. The van der Waals surface area contributed by atoms with Gasteiger partial charge in [-0.25, -0.2) is 4.99 Å². The number of ether oxygens (including phenoxy) is 2. The molecule has 5 heteroatoms. The third kappa shape index (κ3) is 4.78. The highest BCUT2D eigenvalue weighted by Crippen LogP contribution is 2.44. The maximum Gasteiger partial charge on any atom is 0.290 e. The molecule has 0 saturated carbocycles. The number of aliphatic hydroxyl groups excluding tert-OH is 1. The molecule has 1 fully saturated rings. The molecule has 31 heavy (non-hydrogen) atoms. The molecule has 2 unspecified atom stereocenters. The van der Waals surface area contributed by atoms with Crippen LogP contribution in [0, 0.1) is 0 Å². The molecule has 1 saturated heterocycles. The van der Waals surface area contributed by atoms with E-state index >= 15 is 0 Å². The van der Waals surface area contributed by atoms with Gasteiger partial charge < -0.3 is 19.5 Å². The van der Waals surface area contributed by atoms with Gasteiger partial charge in [-0.3, -0.25) is 0 Å². The average molecular weight is 423 g/mol. The number of nitrogens with zero attached hydrogens (tertiary/aromatic N) is 2. The monoisotopic (exact) mass is 422 g/mol. The standard InChI is InChI=1S/C26H34N2O3/c1-4-25(3,18-21-10-6-5-7-11-21)31-24(27-20(2)29)28-16-14-26(15-17-28)23-13-9-8-12-22(23)19-30-26/h5-13,20,29H,4,14-19H2,1-3H3/b27-24-. The molecule has 2 heterocycles. The largest absolute Gasteiger partial charge is 0.458 e. The van der Waals surface area contributed by atoms with Crippen LogP contribution in [0.4, 0.5) is 0 Å². The highest BCUT2D eigenvalue weighted by atomic mass is 16.5. The van der Waals surface area contributed by atoms with Crippen LogP contribution in [0.5, 0.6) is 0 Å². The van der Waals surface area contributed by atoms with Crippen LogP contribution in [0.15, 0.2) is 59.6 Å². The molecule has 0 aromatic heterocycles. The van der Waals surface area contributed by atoms with E-state index in [-0.39, 0.29) is 5.60 Å². The van der Waals surface area contributed by atoms with Gasteiger partial charge in [0.15, 0.2) is 0 Å². The zero-order chi connectivity index (χ0) is 21.9. The molecule has 5 nitrogen and oxygen atoms in total. The van der Waals surface area contributed by atoms with Crippen LogP contribution in [0.25, 0.3) is 0 Å². The number of aliphatic imine (C=N–C) groups is 1. The summed E-state index contributed by atoms with van der Waals surface area (Å²) in [6, 6.07) is 19.5. The quantitative estimate of drug-likeness (QED) is 0.564. The summed E-state index contributed by atoms with van der Waals surface area (Å²) >= 11 is 0. The summed E-state index contributed by atoms with van der Waals surface area (Å²) in [6.45, 7) is 8.19. The Kier molecular flexibility index (Phi) is 6.35. The highest BCUT2D eigenvalue weighted by Gasteiger charge is 2.43. The van der Waals surface area contributed by atoms with Gasteiger partial charge in [-0.15, -0.1) is 0 Å². The molecule has 1 spiro atoms. The first-order chi connectivity index (χ1) is 14.9. The van der Waals surface area contributed by atoms with Crippen LogP contribution in [-0.2, 0) is 28.1 Å². The molecular weight excluding hydrogens is 388 g/mol. The molecule has 1 N–H and O–H groups in total. The Morgan fingerprint density at radius 1 is 1.16 bits per heavy atom. The minimum Gasteiger partial charge on any atom is -0.458 e. The third-order valence-corrected chi connectivity index (χ3v) is 6.66. The predicted molar refractivity (Wildman–Crippen MR) is 123 cm³/mol. The minimum atomic E-state index is -0.813. The van der Waals surface area contributed by atoms with E-state index in [1.807, 2.05) is 6.07 Å². The van der Waals surface area contributed by atoms with E-state index in [0.29, 0.717) is 12.6 Å². The Bertz CT molecular complexity index is 904. The lowest BCUT2D eigenvalue weighted by Crippen LogP contribution is -2.49. The summed E-state index contributed by atoms with van der Waals surface area (Å²) in [5, 5.41) is 10.0. The van der Waals surface area contributed by atoms with Crippen LogP contribution in [0.2, 0.25) is 0 Å². The number of piperidine rings is 1. The van der Waals surface area contributed by atoms with Gasteiger partial charge in [0.25, 0.3) is 6.02 Å². The fraction of sp³-hybridized carbons (Fsp3) is 0.500. The number of benzene rings is 2. The van der Waals surface area contributed by atoms with Crippen LogP contribution in [0.3, 0.4) is 0 Å². The third-order valence-electron chi connectivity index (χ3n) is 6.66. The number of hydrogen-bond donors (Lipinski definition) is 1. The van der Waals surface area contributed by atoms with E-state index in [1.165, 1.54) is 16.7 Å². The van der Waals surface area contributed by atoms with E-state index in [2.05, 4.69) is 72.3 Å². The molecule has 4 rings (SSSR count). The highest BCUT2D eigenvalue weighted by molar-refractivity contribution is 5.74. The Balaban J connectivity index is 1.49. The molecule has 2 aromatic carbocycles. The van der Waals surface area contributed by atoms with E-state index in [9.17, 15) is 5.11 Å². The molecule has 0 aliphatic carbocycles. The van der Waals surface area contributed by atoms with Crippen molar-refractivity contribution in [3.05, 3.63) is 71.3 Å². The van der Waals surface area contributed by atoms with Crippen molar-refractivity contribution in [3.63, 3.8) is 0 Å². The van der Waals surface area contributed by atoms with E-state index in [0.717, 1.165) is 38.8 Å². The molecule has 0 amide bonds. The van der Waals surface area contributed by atoms with E-state index < -0.39 is 11.8 Å². The molecule has 2 aromatic rings. The van der Waals surface area contributed by atoms with Crippen LogP contribution in [-0.4, -0.2) is 40.9 Å². The maximum absolute atomic E-state index is 10.0. The molecule has 166 valence electrons. The van der Waals surface area contributed by atoms with Gasteiger partial charge in [-0.05, 0) is 49.8 Å². The zero-order valence-electron chi connectivity index (χ0n) is 18.9. The lowest BCUT2D eigenvalue weighted by atomic mass is 9.84. The lowest BCUT2D eigenvalue weighted by molar-refractivity contribution is -0.0754. The summed E-state index contributed by atoms with van der Waals surface area (Å²) in [4.78, 5) is 6.64. The maximum atomic E-state index is 10.0. The van der Waals surface area contributed by atoms with Gasteiger partial charge in [0.05, 0.1) is 12.2 Å². The van der Waals surface area contributed by atoms with Gasteiger partial charge >= 0.3 is 0 Å². The normalized spacial score (nSPS) is 20.9. The molecular formula is C26H34N2O3. The summed E-state index contributed by atoms with van der Waals surface area (Å²) in [5.74, 6) is 0. The van der Waals surface area contributed by atoms with Crippen molar-refractivity contribution in [2.45, 2.75) is 70.5 Å². The topological polar surface area (TPSA) is 54.3 Å². The number of fused-ring (bicyclic) bond motifs is 2. The second-order valence-corrected chi connectivity index (χ2v) is 9.04. The van der Waals surface area contributed by atoms with Gasteiger partial charge in [0.1, 0.15) is 11.8 Å². The van der Waals surface area contributed by atoms with Crippen molar-refractivity contribution in [2.75, 3.05) is 13.1 Å². The SMILES string of the molecule is CCC(C)(Cc1ccccc1)O/C(=N\C(C)O)N1CCC2(CC1)OCc1ccccc12. The van der Waals surface area contributed by atoms with Gasteiger partial charge in [-0.2, -0.15) is 0 Å². The Morgan fingerprint density at radius 3 is 2.52 bits per heavy atom. The minimum absolute atomic E-state index is 0.207. The summed E-state index contributed by atoms with van der Waals surface area (Å²) in [7, 11) is 0.